The van der Waals surface area contributed by atoms with Crippen LogP contribution in [-0.4, -0.2) is 26.2 Å². The lowest BCUT2D eigenvalue weighted by atomic mass is 10.0. The molecule has 4 heteroatoms. The second-order valence-corrected chi connectivity index (χ2v) is 10.4. The minimum Gasteiger partial charge on any atom is -0.362 e. The van der Waals surface area contributed by atoms with Crippen molar-refractivity contribution < 1.29 is 13.2 Å². The Morgan fingerprint density at radius 2 is 1.12 bits per heavy atom. The summed E-state index contributed by atoms with van der Waals surface area (Å²) in [5, 5.41) is 0. The van der Waals surface area contributed by atoms with Gasteiger partial charge in [0.15, 0.2) is 15.3 Å². The molecule has 1 fully saturated rings. The molecule has 1 unspecified atom stereocenters. The molecule has 0 saturated carbocycles. The van der Waals surface area contributed by atoms with Crippen LogP contribution in [-0.2, 0) is 14.6 Å². The Morgan fingerprint density at radius 1 is 0.692 bits per heavy atom. The van der Waals surface area contributed by atoms with Crippen molar-refractivity contribution in [3.05, 3.63) is 0 Å². The molecule has 0 aliphatic carbocycles. The van der Waals surface area contributed by atoms with Gasteiger partial charge < -0.3 is 4.74 Å². The summed E-state index contributed by atoms with van der Waals surface area (Å²) >= 11 is 0. The average Bonchev–Trinajstić information content (AvgIpc) is 2.96. The highest BCUT2D eigenvalue weighted by Gasteiger charge is 2.31. The molecule has 26 heavy (non-hydrogen) atoms. The molecule has 3 nitrogen and oxygen atoms in total. The summed E-state index contributed by atoms with van der Waals surface area (Å²) in [5.74, 6) is 0.316. The molecule has 1 aliphatic rings. The molecule has 0 aromatic rings. The number of sulfone groups is 1. The van der Waals surface area contributed by atoms with E-state index >= 15 is 0 Å². The first-order chi connectivity index (χ1) is 12.7. The molecule has 156 valence electrons. The van der Waals surface area contributed by atoms with Gasteiger partial charge in [-0.25, -0.2) is 8.42 Å². The van der Waals surface area contributed by atoms with Gasteiger partial charge in [0.1, 0.15) is 0 Å². The van der Waals surface area contributed by atoms with Gasteiger partial charge in [0, 0.05) is 6.61 Å². The molecular weight excluding hydrogens is 344 g/mol. The Hall–Kier alpha value is -0.0900. The summed E-state index contributed by atoms with van der Waals surface area (Å²) in [6.45, 7) is 2.89. The molecule has 0 amide bonds. The molecular formula is C22H44O3S. The summed E-state index contributed by atoms with van der Waals surface area (Å²) in [7, 11) is -2.93. The van der Waals surface area contributed by atoms with Gasteiger partial charge in [-0.1, -0.05) is 103 Å². The van der Waals surface area contributed by atoms with E-state index in [0.717, 1.165) is 12.8 Å². The molecule has 0 N–H and O–H groups in total. The standard InChI is InChI=1S/C22H44O3S/c1-2-3-4-5-6-7-8-9-10-11-12-13-14-15-16-17-20-25-22-19-18-21-26(22,23)24/h22H,2-21H2,1H3. The Labute approximate surface area is 163 Å². The highest BCUT2D eigenvalue weighted by molar-refractivity contribution is 7.92. The summed E-state index contributed by atoms with van der Waals surface area (Å²) in [6, 6.07) is 0. The second kappa shape index (κ2) is 15.9. The summed E-state index contributed by atoms with van der Waals surface area (Å²) in [5.41, 5.74) is -0.501. The van der Waals surface area contributed by atoms with E-state index in [9.17, 15) is 8.42 Å². The van der Waals surface area contributed by atoms with E-state index in [1.807, 2.05) is 0 Å². The summed E-state index contributed by atoms with van der Waals surface area (Å²) in [4.78, 5) is 0. The van der Waals surface area contributed by atoms with Crippen LogP contribution in [0.2, 0.25) is 0 Å². The molecule has 0 radical (unpaired) electrons. The first kappa shape index (κ1) is 23.9. The Morgan fingerprint density at radius 3 is 1.50 bits per heavy atom. The minimum absolute atomic E-state index is 0.316. The number of ether oxygens (including phenoxy) is 1. The average molecular weight is 389 g/mol. The van der Waals surface area contributed by atoms with Crippen LogP contribution in [0.3, 0.4) is 0 Å². The molecule has 0 spiro atoms. The van der Waals surface area contributed by atoms with E-state index in [1.165, 1.54) is 96.3 Å². The molecule has 1 saturated heterocycles. The third-order valence-electron chi connectivity index (χ3n) is 5.57. The number of unbranched alkanes of at least 4 members (excludes halogenated alkanes) is 15. The quantitative estimate of drug-likeness (QED) is 0.242. The van der Waals surface area contributed by atoms with Crippen molar-refractivity contribution >= 4 is 9.84 Å². The van der Waals surface area contributed by atoms with Crippen LogP contribution >= 0.6 is 0 Å². The van der Waals surface area contributed by atoms with E-state index in [1.54, 1.807) is 0 Å². The first-order valence-corrected chi connectivity index (χ1v) is 13.2. The van der Waals surface area contributed by atoms with E-state index in [2.05, 4.69) is 6.92 Å². The van der Waals surface area contributed by atoms with Crippen molar-refractivity contribution in [2.75, 3.05) is 12.4 Å². The predicted molar refractivity (Wildman–Crippen MR) is 112 cm³/mol. The maximum atomic E-state index is 11.6. The van der Waals surface area contributed by atoms with Gasteiger partial charge >= 0.3 is 0 Å². The zero-order valence-electron chi connectivity index (χ0n) is 17.4. The van der Waals surface area contributed by atoms with E-state index in [0.29, 0.717) is 18.8 Å². The highest BCUT2D eigenvalue weighted by atomic mass is 32.2. The van der Waals surface area contributed by atoms with Crippen LogP contribution in [0.25, 0.3) is 0 Å². The van der Waals surface area contributed by atoms with Gasteiger partial charge in [-0.15, -0.1) is 0 Å². The van der Waals surface area contributed by atoms with E-state index < -0.39 is 15.3 Å². The maximum Gasteiger partial charge on any atom is 0.177 e. The normalized spacial score (nSPS) is 19.2. The fourth-order valence-electron chi connectivity index (χ4n) is 3.81. The van der Waals surface area contributed by atoms with Gasteiger partial charge in [-0.2, -0.15) is 0 Å². The van der Waals surface area contributed by atoms with Gasteiger partial charge in [-0.3, -0.25) is 0 Å². The monoisotopic (exact) mass is 388 g/mol. The molecule has 1 rings (SSSR count). The van der Waals surface area contributed by atoms with Crippen molar-refractivity contribution in [1.82, 2.24) is 0 Å². The molecule has 1 aliphatic heterocycles. The van der Waals surface area contributed by atoms with E-state index in [-0.39, 0.29) is 0 Å². The van der Waals surface area contributed by atoms with Crippen molar-refractivity contribution in [2.24, 2.45) is 0 Å². The lowest BCUT2D eigenvalue weighted by Crippen LogP contribution is -2.20. The first-order valence-electron chi connectivity index (χ1n) is 11.5. The largest absolute Gasteiger partial charge is 0.362 e. The van der Waals surface area contributed by atoms with Gasteiger partial charge in [-0.05, 0) is 19.3 Å². The third kappa shape index (κ3) is 12.3. The van der Waals surface area contributed by atoms with Crippen LogP contribution in [0, 0.1) is 0 Å². The van der Waals surface area contributed by atoms with Crippen LogP contribution in [0.4, 0.5) is 0 Å². The van der Waals surface area contributed by atoms with Crippen molar-refractivity contribution in [3.8, 4) is 0 Å². The molecule has 0 bridgehead atoms. The Kier molecular flexibility index (Phi) is 14.7. The van der Waals surface area contributed by atoms with Crippen molar-refractivity contribution in [3.63, 3.8) is 0 Å². The minimum atomic E-state index is -2.93. The number of rotatable bonds is 18. The number of hydrogen-bond acceptors (Lipinski definition) is 3. The van der Waals surface area contributed by atoms with Crippen molar-refractivity contribution in [2.45, 2.75) is 128 Å². The third-order valence-corrected chi connectivity index (χ3v) is 7.60. The SMILES string of the molecule is CCCCCCCCCCCCCCCCCCOC1CCCS1(=O)=O. The summed E-state index contributed by atoms with van der Waals surface area (Å²) in [6.07, 6.45) is 23.1. The van der Waals surface area contributed by atoms with Gasteiger partial charge in [0.2, 0.25) is 0 Å². The number of hydrogen-bond donors (Lipinski definition) is 0. The topological polar surface area (TPSA) is 43.4 Å². The molecule has 0 aromatic carbocycles. The fraction of sp³-hybridized carbons (Fsp3) is 1.00. The fourth-order valence-corrected chi connectivity index (χ4v) is 5.48. The Balaban J connectivity index is 1.72. The van der Waals surface area contributed by atoms with Crippen LogP contribution < -0.4 is 0 Å². The zero-order valence-corrected chi connectivity index (χ0v) is 18.2. The smallest absolute Gasteiger partial charge is 0.177 e. The van der Waals surface area contributed by atoms with Gasteiger partial charge in [0.05, 0.1) is 5.75 Å². The highest BCUT2D eigenvalue weighted by Crippen LogP contribution is 2.21. The Bertz CT molecular complexity index is 406. The predicted octanol–water partition coefficient (Wildman–Crippen LogP) is 6.80. The summed E-state index contributed by atoms with van der Waals surface area (Å²) < 4.78 is 28.8. The van der Waals surface area contributed by atoms with E-state index in [4.69, 9.17) is 4.74 Å². The maximum absolute atomic E-state index is 11.6. The lowest BCUT2D eigenvalue weighted by Gasteiger charge is -2.10. The second-order valence-electron chi connectivity index (χ2n) is 8.11. The lowest BCUT2D eigenvalue weighted by molar-refractivity contribution is 0.101. The molecule has 1 atom stereocenters. The van der Waals surface area contributed by atoms with Crippen molar-refractivity contribution in [1.29, 1.82) is 0 Å². The van der Waals surface area contributed by atoms with Crippen LogP contribution in [0.1, 0.15) is 122 Å². The van der Waals surface area contributed by atoms with Crippen LogP contribution in [0.15, 0.2) is 0 Å². The van der Waals surface area contributed by atoms with Gasteiger partial charge in [0.25, 0.3) is 0 Å². The molecule has 1 heterocycles. The zero-order chi connectivity index (χ0) is 18.9. The van der Waals surface area contributed by atoms with Crippen LogP contribution in [0.5, 0.6) is 0 Å². The molecule has 0 aromatic heterocycles.